The van der Waals surface area contributed by atoms with Crippen molar-refractivity contribution in [3.8, 4) is 5.13 Å². The molecule has 0 aromatic carbocycles. The molecule has 1 amide bonds. The van der Waals surface area contributed by atoms with Crippen molar-refractivity contribution >= 4 is 17.2 Å². The molecule has 0 atom stereocenters. The first-order valence-corrected chi connectivity index (χ1v) is 7.43. The zero-order valence-electron chi connectivity index (χ0n) is 10.6. The number of thiazole rings is 1. The van der Waals surface area contributed by atoms with Crippen molar-refractivity contribution in [3.05, 3.63) is 29.5 Å². The molecule has 1 aliphatic rings. The highest BCUT2D eigenvalue weighted by Gasteiger charge is 2.24. The van der Waals surface area contributed by atoms with Crippen LogP contribution in [0.1, 0.15) is 25.0 Å². The van der Waals surface area contributed by atoms with E-state index in [0.29, 0.717) is 6.54 Å². The SMILES string of the molecule is O=C(NCCc1csc(-n2cccn2)n1)C1CCC1. The topological polar surface area (TPSA) is 59.8 Å². The van der Waals surface area contributed by atoms with Crippen molar-refractivity contribution in [1.82, 2.24) is 20.1 Å². The Morgan fingerprint density at radius 2 is 2.42 bits per heavy atom. The van der Waals surface area contributed by atoms with Crippen molar-refractivity contribution in [3.63, 3.8) is 0 Å². The first-order chi connectivity index (χ1) is 9.33. The van der Waals surface area contributed by atoms with Gasteiger partial charge in [0.1, 0.15) is 0 Å². The molecule has 1 fully saturated rings. The number of aromatic nitrogens is 3. The second-order valence-electron chi connectivity index (χ2n) is 4.74. The Morgan fingerprint density at radius 1 is 1.53 bits per heavy atom. The van der Waals surface area contributed by atoms with Crippen LogP contribution in [0.2, 0.25) is 0 Å². The number of carbonyl (C=O) groups is 1. The van der Waals surface area contributed by atoms with E-state index in [1.165, 1.54) is 6.42 Å². The van der Waals surface area contributed by atoms with E-state index in [1.54, 1.807) is 22.2 Å². The number of amides is 1. The molecule has 0 unspecified atom stereocenters. The number of nitrogens with one attached hydrogen (secondary N) is 1. The molecule has 1 saturated carbocycles. The Balaban J connectivity index is 1.49. The molecular weight excluding hydrogens is 260 g/mol. The van der Waals surface area contributed by atoms with Gasteiger partial charge in [-0.15, -0.1) is 11.3 Å². The number of nitrogens with zero attached hydrogens (tertiary/aromatic N) is 3. The van der Waals surface area contributed by atoms with Crippen LogP contribution in [-0.2, 0) is 11.2 Å². The van der Waals surface area contributed by atoms with E-state index >= 15 is 0 Å². The number of rotatable bonds is 5. The smallest absolute Gasteiger partial charge is 0.223 e. The van der Waals surface area contributed by atoms with Gasteiger partial charge >= 0.3 is 0 Å². The van der Waals surface area contributed by atoms with E-state index in [9.17, 15) is 4.79 Å². The lowest BCUT2D eigenvalue weighted by molar-refractivity contribution is -0.127. The average Bonchev–Trinajstić information content (AvgIpc) is 2.96. The molecule has 2 aromatic heterocycles. The normalized spacial score (nSPS) is 15.2. The predicted octanol–water partition coefficient (Wildman–Crippen LogP) is 1.79. The third-order valence-corrected chi connectivity index (χ3v) is 4.28. The molecule has 1 N–H and O–H groups in total. The van der Waals surface area contributed by atoms with Crippen LogP contribution in [0.15, 0.2) is 23.8 Å². The van der Waals surface area contributed by atoms with E-state index in [0.717, 1.165) is 30.1 Å². The Hall–Kier alpha value is -1.69. The van der Waals surface area contributed by atoms with Crippen LogP contribution in [0.4, 0.5) is 0 Å². The summed E-state index contributed by atoms with van der Waals surface area (Å²) in [5, 5.41) is 10.0. The maximum atomic E-state index is 11.7. The molecule has 1 aliphatic carbocycles. The monoisotopic (exact) mass is 276 g/mol. The number of carbonyl (C=O) groups excluding carboxylic acids is 1. The van der Waals surface area contributed by atoms with Gasteiger partial charge in [0.05, 0.1) is 5.69 Å². The van der Waals surface area contributed by atoms with Gasteiger partial charge in [0.2, 0.25) is 11.0 Å². The van der Waals surface area contributed by atoms with Gasteiger partial charge in [-0.1, -0.05) is 6.42 Å². The van der Waals surface area contributed by atoms with Crippen molar-refractivity contribution < 1.29 is 4.79 Å². The minimum Gasteiger partial charge on any atom is -0.355 e. The summed E-state index contributed by atoms with van der Waals surface area (Å²) in [6.07, 6.45) is 7.67. The lowest BCUT2D eigenvalue weighted by Crippen LogP contribution is -2.35. The molecule has 0 saturated heterocycles. The molecule has 5 nitrogen and oxygen atoms in total. The summed E-state index contributed by atoms with van der Waals surface area (Å²) in [7, 11) is 0. The number of hydrogen-bond donors (Lipinski definition) is 1. The van der Waals surface area contributed by atoms with E-state index in [4.69, 9.17) is 0 Å². The molecule has 6 heteroatoms. The molecule has 2 aromatic rings. The highest BCUT2D eigenvalue weighted by molar-refractivity contribution is 7.12. The standard InChI is InChI=1S/C13H16N4OS/c18-12(10-3-1-4-10)14-7-5-11-9-19-13(16-11)17-8-2-6-15-17/h2,6,8-10H,1,3-5,7H2,(H,14,18). The van der Waals surface area contributed by atoms with Crippen molar-refractivity contribution in [1.29, 1.82) is 0 Å². The second-order valence-corrected chi connectivity index (χ2v) is 5.58. The first-order valence-electron chi connectivity index (χ1n) is 6.55. The minimum atomic E-state index is 0.203. The number of hydrogen-bond acceptors (Lipinski definition) is 4. The second kappa shape index (κ2) is 5.52. The lowest BCUT2D eigenvalue weighted by atomic mass is 9.85. The summed E-state index contributed by atoms with van der Waals surface area (Å²) in [5.74, 6) is 0.462. The summed E-state index contributed by atoms with van der Waals surface area (Å²) in [4.78, 5) is 16.2. The first kappa shape index (κ1) is 12.3. The van der Waals surface area contributed by atoms with Crippen LogP contribution >= 0.6 is 11.3 Å². The maximum Gasteiger partial charge on any atom is 0.223 e. The van der Waals surface area contributed by atoms with Gasteiger partial charge in [-0.3, -0.25) is 4.79 Å². The third-order valence-electron chi connectivity index (χ3n) is 3.40. The quantitative estimate of drug-likeness (QED) is 0.905. The van der Waals surface area contributed by atoms with Crippen LogP contribution in [0.3, 0.4) is 0 Å². The van der Waals surface area contributed by atoms with Gasteiger partial charge in [-0.25, -0.2) is 9.67 Å². The van der Waals surface area contributed by atoms with E-state index < -0.39 is 0 Å². The van der Waals surface area contributed by atoms with Gasteiger partial charge in [0.15, 0.2) is 0 Å². The molecule has 100 valence electrons. The zero-order valence-corrected chi connectivity index (χ0v) is 11.4. The van der Waals surface area contributed by atoms with Crippen LogP contribution < -0.4 is 5.32 Å². The molecular formula is C13H16N4OS. The lowest BCUT2D eigenvalue weighted by Gasteiger charge is -2.23. The fourth-order valence-electron chi connectivity index (χ4n) is 2.03. The Labute approximate surface area is 115 Å². The molecule has 0 bridgehead atoms. The molecule has 3 rings (SSSR count). The summed E-state index contributed by atoms with van der Waals surface area (Å²) >= 11 is 1.56. The maximum absolute atomic E-state index is 11.7. The predicted molar refractivity (Wildman–Crippen MR) is 73.3 cm³/mol. The average molecular weight is 276 g/mol. The van der Waals surface area contributed by atoms with Crippen LogP contribution in [0.25, 0.3) is 5.13 Å². The van der Waals surface area contributed by atoms with Gasteiger partial charge in [-0.05, 0) is 18.9 Å². The van der Waals surface area contributed by atoms with E-state index in [2.05, 4.69) is 15.4 Å². The zero-order chi connectivity index (χ0) is 13.1. The van der Waals surface area contributed by atoms with Gasteiger partial charge < -0.3 is 5.32 Å². The Bertz CT molecular complexity index is 545. The van der Waals surface area contributed by atoms with Crippen LogP contribution in [-0.4, -0.2) is 27.2 Å². The summed E-state index contributed by atoms with van der Waals surface area (Å²) in [6.45, 7) is 0.664. The van der Waals surface area contributed by atoms with Gasteiger partial charge in [0.25, 0.3) is 0 Å². The Morgan fingerprint density at radius 3 is 3.11 bits per heavy atom. The fourth-order valence-corrected chi connectivity index (χ4v) is 2.82. The van der Waals surface area contributed by atoms with Crippen LogP contribution in [0.5, 0.6) is 0 Å². The van der Waals surface area contributed by atoms with Gasteiger partial charge in [-0.2, -0.15) is 5.10 Å². The molecule has 0 spiro atoms. The Kier molecular flexibility index (Phi) is 3.59. The fraction of sp³-hybridized carbons (Fsp3) is 0.462. The molecule has 0 radical (unpaired) electrons. The molecule has 0 aliphatic heterocycles. The van der Waals surface area contributed by atoms with Crippen molar-refractivity contribution in [2.45, 2.75) is 25.7 Å². The highest BCUT2D eigenvalue weighted by atomic mass is 32.1. The summed E-state index contributed by atoms with van der Waals surface area (Å²) < 4.78 is 1.75. The largest absolute Gasteiger partial charge is 0.355 e. The van der Waals surface area contributed by atoms with Crippen LogP contribution in [0, 0.1) is 5.92 Å². The van der Waals surface area contributed by atoms with Gasteiger partial charge in [0, 0.05) is 36.7 Å². The molecule has 2 heterocycles. The third kappa shape index (κ3) is 2.84. The van der Waals surface area contributed by atoms with Crippen molar-refractivity contribution in [2.24, 2.45) is 5.92 Å². The molecule has 19 heavy (non-hydrogen) atoms. The van der Waals surface area contributed by atoms with Crippen molar-refractivity contribution in [2.75, 3.05) is 6.54 Å². The summed E-state index contributed by atoms with van der Waals surface area (Å²) in [6, 6.07) is 1.87. The minimum absolute atomic E-state index is 0.203. The highest BCUT2D eigenvalue weighted by Crippen LogP contribution is 2.26. The summed E-state index contributed by atoms with van der Waals surface area (Å²) in [5.41, 5.74) is 1.00. The van der Waals surface area contributed by atoms with E-state index in [-0.39, 0.29) is 11.8 Å². The van der Waals surface area contributed by atoms with E-state index in [1.807, 2.05) is 17.6 Å².